The van der Waals surface area contributed by atoms with Gasteiger partial charge in [0.2, 0.25) is 0 Å². The van der Waals surface area contributed by atoms with E-state index in [9.17, 15) is 4.79 Å². The molecule has 3 heterocycles. The summed E-state index contributed by atoms with van der Waals surface area (Å²) in [4.78, 5) is 22.4. The number of nitrogens with one attached hydrogen (secondary N) is 1. The van der Waals surface area contributed by atoms with Crippen molar-refractivity contribution >= 4 is 16.8 Å². The van der Waals surface area contributed by atoms with Crippen LogP contribution in [-0.4, -0.2) is 40.0 Å². The van der Waals surface area contributed by atoms with Crippen LogP contribution in [0.4, 0.5) is 0 Å². The van der Waals surface area contributed by atoms with Gasteiger partial charge < -0.3 is 14.6 Å². The van der Waals surface area contributed by atoms with E-state index in [-0.39, 0.29) is 12.0 Å². The smallest absolute Gasteiger partial charge is 0.270 e. The van der Waals surface area contributed by atoms with Crippen LogP contribution in [0.25, 0.3) is 10.9 Å². The highest BCUT2D eigenvalue weighted by Gasteiger charge is 2.27. The Hall–Kier alpha value is -2.82. The summed E-state index contributed by atoms with van der Waals surface area (Å²) in [5.74, 6) is 0.926. The molecule has 0 unspecified atom stereocenters. The lowest BCUT2D eigenvalue weighted by Gasteiger charge is -2.32. The zero-order chi connectivity index (χ0) is 19.0. The van der Waals surface area contributed by atoms with E-state index in [1.54, 1.807) is 12.4 Å². The van der Waals surface area contributed by atoms with Crippen molar-refractivity contribution in [3.8, 4) is 5.75 Å². The van der Waals surface area contributed by atoms with Crippen molar-refractivity contribution in [1.29, 1.82) is 0 Å². The van der Waals surface area contributed by atoms with E-state index in [0.29, 0.717) is 18.8 Å². The standard InChI is InChI=1S/C22H25N3O2/c1-14-12-15(2)20-19(13-14)16(3)21(24-20)22(26)25-10-6-18(7-11-25)27-17-4-8-23-9-5-17/h4-5,8-9,12-13,18,24H,6-7,10-11H2,1-3H3. The number of pyridine rings is 1. The molecule has 0 spiro atoms. The molecule has 140 valence electrons. The number of carbonyl (C=O) groups is 1. The fraction of sp³-hybridized carbons (Fsp3) is 0.364. The quantitative estimate of drug-likeness (QED) is 0.760. The van der Waals surface area contributed by atoms with Crippen LogP contribution in [-0.2, 0) is 0 Å². The first-order valence-corrected chi connectivity index (χ1v) is 9.48. The highest BCUT2D eigenvalue weighted by molar-refractivity contribution is 6.01. The van der Waals surface area contributed by atoms with Crippen LogP contribution < -0.4 is 4.74 Å². The Labute approximate surface area is 159 Å². The SMILES string of the molecule is Cc1cc(C)c2[nH]c(C(=O)N3CCC(Oc4ccncc4)CC3)c(C)c2c1. The summed E-state index contributed by atoms with van der Waals surface area (Å²) in [6, 6.07) is 8.04. The Morgan fingerprint density at radius 1 is 1.15 bits per heavy atom. The van der Waals surface area contributed by atoms with E-state index in [0.717, 1.165) is 35.1 Å². The average Bonchev–Trinajstić information content (AvgIpc) is 3.00. The third-order valence-electron chi connectivity index (χ3n) is 5.40. The van der Waals surface area contributed by atoms with Gasteiger partial charge >= 0.3 is 0 Å². The summed E-state index contributed by atoms with van der Waals surface area (Å²) in [7, 11) is 0. The van der Waals surface area contributed by atoms with Gasteiger partial charge in [0.15, 0.2) is 0 Å². The Bertz CT molecular complexity index is 970. The van der Waals surface area contributed by atoms with Crippen LogP contribution in [0.5, 0.6) is 5.75 Å². The lowest BCUT2D eigenvalue weighted by molar-refractivity contribution is 0.0590. The van der Waals surface area contributed by atoms with Crippen molar-refractivity contribution in [3.05, 3.63) is 59.0 Å². The Morgan fingerprint density at radius 3 is 2.56 bits per heavy atom. The predicted octanol–water partition coefficient (Wildman–Crippen LogP) is 4.17. The van der Waals surface area contributed by atoms with Gasteiger partial charge in [0.1, 0.15) is 17.5 Å². The van der Waals surface area contributed by atoms with Gasteiger partial charge in [-0.25, -0.2) is 0 Å². The van der Waals surface area contributed by atoms with Gasteiger partial charge in [-0.1, -0.05) is 11.6 Å². The first kappa shape index (κ1) is 17.6. The molecule has 1 N–H and O–H groups in total. The summed E-state index contributed by atoms with van der Waals surface area (Å²) in [6.45, 7) is 7.63. The molecule has 1 aliphatic rings. The number of benzene rings is 1. The van der Waals surface area contributed by atoms with Crippen LogP contribution in [0, 0.1) is 20.8 Å². The van der Waals surface area contributed by atoms with Gasteiger partial charge in [0, 0.05) is 49.2 Å². The van der Waals surface area contributed by atoms with Crippen LogP contribution >= 0.6 is 0 Å². The van der Waals surface area contributed by atoms with E-state index in [2.05, 4.69) is 35.9 Å². The van der Waals surface area contributed by atoms with Crippen molar-refractivity contribution in [2.75, 3.05) is 13.1 Å². The van der Waals surface area contributed by atoms with E-state index in [4.69, 9.17) is 4.74 Å². The summed E-state index contributed by atoms with van der Waals surface area (Å²) >= 11 is 0. The maximum atomic E-state index is 13.1. The molecule has 0 aliphatic carbocycles. The molecule has 27 heavy (non-hydrogen) atoms. The monoisotopic (exact) mass is 363 g/mol. The van der Waals surface area contributed by atoms with Crippen LogP contribution in [0.1, 0.15) is 40.0 Å². The maximum absolute atomic E-state index is 13.1. The number of carbonyl (C=O) groups excluding carboxylic acids is 1. The third-order valence-corrected chi connectivity index (χ3v) is 5.40. The number of nitrogens with zero attached hydrogens (tertiary/aromatic N) is 2. The van der Waals surface area contributed by atoms with E-state index < -0.39 is 0 Å². The minimum absolute atomic E-state index is 0.0862. The topological polar surface area (TPSA) is 58.2 Å². The minimum Gasteiger partial charge on any atom is -0.490 e. The van der Waals surface area contributed by atoms with Gasteiger partial charge in [0.05, 0.1) is 0 Å². The zero-order valence-electron chi connectivity index (χ0n) is 16.1. The first-order valence-electron chi connectivity index (χ1n) is 9.48. The zero-order valence-corrected chi connectivity index (χ0v) is 16.1. The number of ether oxygens (including phenoxy) is 1. The Morgan fingerprint density at radius 2 is 1.85 bits per heavy atom. The molecule has 4 rings (SSSR count). The van der Waals surface area contributed by atoms with Crippen LogP contribution in [0.15, 0.2) is 36.7 Å². The highest BCUT2D eigenvalue weighted by atomic mass is 16.5. The number of fused-ring (bicyclic) bond motifs is 1. The van der Waals surface area contributed by atoms with Gasteiger partial charge in [-0.3, -0.25) is 9.78 Å². The molecule has 0 saturated carbocycles. The molecule has 1 fully saturated rings. The van der Waals surface area contributed by atoms with E-state index in [1.165, 1.54) is 11.1 Å². The number of amides is 1. The molecule has 1 aromatic carbocycles. The molecule has 0 radical (unpaired) electrons. The molecule has 5 heteroatoms. The number of aromatic amines is 1. The minimum atomic E-state index is 0.0862. The predicted molar refractivity (Wildman–Crippen MR) is 106 cm³/mol. The van der Waals surface area contributed by atoms with E-state index in [1.807, 2.05) is 24.0 Å². The van der Waals surface area contributed by atoms with Crippen molar-refractivity contribution < 1.29 is 9.53 Å². The lowest BCUT2D eigenvalue weighted by Crippen LogP contribution is -2.42. The number of aryl methyl sites for hydroxylation is 3. The van der Waals surface area contributed by atoms with Crippen molar-refractivity contribution in [2.45, 2.75) is 39.7 Å². The lowest BCUT2D eigenvalue weighted by atomic mass is 10.0. The second-order valence-electron chi connectivity index (χ2n) is 7.42. The fourth-order valence-corrected chi connectivity index (χ4v) is 3.94. The van der Waals surface area contributed by atoms with Crippen molar-refractivity contribution in [3.63, 3.8) is 0 Å². The molecule has 0 atom stereocenters. The second kappa shape index (κ2) is 7.06. The van der Waals surface area contributed by atoms with Crippen LogP contribution in [0.3, 0.4) is 0 Å². The molecule has 2 aromatic heterocycles. The van der Waals surface area contributed by atoms with Gasteiger partial charge in [-0.15, -0.1) is 0 Å². The molecular weight excluding hydrogens is 338 g/mol. The number of likely N-dealkylation sites (tertiary alicyclic amines) is 1. The second-order valence-corrected chi connectivity index (χ2v) is 7.42. The highest BCUT2D eigenvalue weighted by Crippen LogP contribution is 2.28. The summed E-state index contributed by atoms with van der Waals surface area (Å²) in [6.07, 6.45) is 5.29. The Kier molecular flexibility index (Phi) is 4.60. The maximum Gasteiger partial charge on any atom is 0.270 e. The molecule has 5 nitrogen and oxygen atoms in total. The average molecular weight is 363 g/mol. The number of hydrogen-bond acceptors (Lipinski definition) is 3. The Balaban J connectivity index is 1.47. The number of aromatic nitrogens is 2. The molecule has 0 bridgehead atoms. The largest absolute Gasteiger partial charge is 0.490 e. The third kappa shape index (κ3) is 3.42. The molecule has 1 aliphatic heterocycles. The summed E-state index contributed by atoms with van der Waals surface area (Å²) < 4.78 is 6.00. The van der Waals surface area contributed by atoms with Gasteiger partial charge in [-0.2, -0.15) is 0 Å². The normalized spacial score (nSPS) is 15.3. The van der Waals surface area contributed by atoms with Gasteiger partial charge in [-0.05, 0) is 50.1 Å². The molecule has 3 aromatic rings. The van der Waals surface area contributed by atoms with Gasteiger partial charge in [0.25, 0.3) is 5.91 Å². The van der Waals surface area contributed by atoms with Crippen molar-refractivity contribution in [2.24, 2.45) is 0 Å². The number of piperidine rings is 1. The summed E-state index contributed by atoms with van der Waals surface area (Å²) in [5.41, 5.74) is 5.22. The van der Waals surface area contributed by atoms with E-state index >= 15 is 0 Å². The fourth-order valence-electron chi connectivity index (χ4n) is 3.94. The molecular formula is C22H25N3O2. The first-order chi connectivity index (χ1) is 13.0. The summed E-state index contributed by atoms with van der Waals surface area (Å²) in [5, 5.41) is 1.15. The van der Waals surface area contributed by atoms with Crippen LogP contribution in [0.2, 0.25) is 0 Å². The number of rotatable bonds is 3. The molecule has 1 amide bonds. The number of H-pyrrole nitrogens is 1. The van der Waals surface area contributed by atoms with Crippen molar-refractivity contribution in [1.82, 2.24) is 14.9 Å². The number of hydrogen-bond donors (Lipinski definition) is 1. The molecule has 1 saturated heterocycles.